The number of benzene rings is 2. The molecule has 2 aliphatic rings. The van der Waals surface area contributed by atoms with E-state index in [0.29, 0.717) is 29.5 Å². The van der Waals surface area contributed by atoms with Crippen molar-refractivity contribution in [2.45, 2.75) is 44.4 Å². The third-order valence-corrected chi connectivity index (χ3v) is 8.04. The van der Waals surface area contributed by atoms with Crippen molar-refractivity contribution in [3.05, 3.63) is 83.5 Å². The summed E-state index contributed by atoms with van der Waals surface area (Å²) in [6.07, 6.45) is 6.56. The molecule has 1 unspecified atom stereocenters. The molecule has 3 atom stereocenters. The Kier molecular flexibility index (Phi) is 7.51. The average molecular weight is 559 g/mol. The van der Waals surface area contributed by atoms with Crippen molar-refractivity contribution in [3.63, 3.8) is 0 Å². The highest BCUT2D eigenvalue weighted by molar-refractivity contribution is 6.29. The first-order chi connectivity index (χ1) is 19.4. The first kappa shape index (κ1) is 26.4. The van der Waals surface area contributed by atoms with E-state index in [4.69, 9.17) is 11.6 Å². The maximum Gasteiger partial charge on any atom is 0.251 e. The van der Waals surface area contributed by atoms with E-state index in [2.05, 4.69) is 25.5 Å². The van der Waals surface area contributed by atoms with E-state index in [1.165, 1.54) is 0 Å². The number of aromatic nitrogens is 3. The van der Waals surface area contributed by atoms with E-state index in [1.807, 2.05) is 41.1 Å². The molecule has 0 radical (unpaired) electrons. The number of likely N-dealkylation sites (tertiary alicyclic amines) is 1. The molecule has 9 nitrogen and oxygen atoms in total. The monoisotopic (exact) mass is 558 g/mol. The number of aliphatic hydroxyl groups excluding tert-OH is 1. The van der Waals surface area contributed by atoms with Gasteiger partial charge in [-0.15, -0.1) is 0 Å². The molecule has 0 bridgehead atoms. The molecule has 1 saturated heterocycles. The highest BCUT2D eigenvalue weighted by Crippen LogP contribution is 2.28. The molecule has 2 aromatic heterocycles. The molecule has 1 aliphatic carbocycles. The number of halogens is 1. The Morgan fingerprint density at radius 1 is 1.05 bits per heavy atom. The largest absolute Gasteiger partial charge is 0.392 e. The second-order valence-corrected chi connectivity index (χ2v) is 11.0. The van der Waals surface area contributed by atoms with Crippen LogP contribution in [-0.4, -0.2) is 61.6 Å². The van der Waals surface area contributed by atoms with Crippen molar-refractivity contribution in [3.8, 4) is 5.69 Å². The predicted molar refractivity (Wildman–Crippen MR) is 153 cm³/mol. The van der Waals surface area contributed by atoms with Gasteiger partial charge >= 0.3 is 0 Å². The van der Waals surface area contributed by atoms with Crippen LogP contribution in [0.25, 0.3) is 16.6 Å². The fraction of sp³-hybridized carbons (Fsp3) is 0.333. The Morgan fingerprint density at radius 2 is 1.90 bits per heavy atom. The van der Waals surface area contributed by atoms with Crippen molar-refractivity contribution < 1.29 is 14.7 Å². The number of nitrogens with one attached hydrogen (secondary N) is 2. The zero-order valence-electron chi connectivity index (χ0n) is 22.0. The summed E-state index contributed by atoms with van der Waals surface area (Å²) in [4.78, 5) is 37.2. The first-order valence-corrected chi connectivity index (χ1v) is 14.0. The van der Waals surface area contributed by atoms with Gasteiger partial charge in [-0.1, -0.05) is 18.0 Å². The zero-order valence-corrected chi connectivity index (χ0v) is 22.7. The van der Waals surface area contributed by atoms with Crippen LogP contribution in [0.2, 0.25) is 5.15 Å². The van der Waals surface area contributed by atoms with Crippen molar-refractivity contribution in [2.75, 3.05) is 18.4 Å². The molecule has 206 valence electrons. The second kappa shape index (κ2) is 11.4. The van der Waals surface area contributed by atoms with Crippen LogP contribution in [-0.2, 0) is 11.3 Å². The van der Waals surface area contributed by atoms with Gasteiger partial charge in [0, 0.05) is 53.8 Å². The number of anilines is 1. The van der Waals surface area contributed by atoms with E-state index < -0.39 is 0 Å². The van der Waals surface area contributed by atoms with Gasteiger partial charge in [0.15, 0.2) is 0 Å². The maximum atomic E-state index is 13.2. The summed E-state index contributed by atoms with van der Waals surface area (Å²) in [5.41, 5.74) is 2.90. The first-order valence-electron chi connectivity index (χ1n) is 13.6. The number of pyridine rings is 1. The topological polar surface area (TPSA) is 112 Å². The predicted octanol–water partition coefficient (Wildman–Crippen LogP) is 4.18. The normalized spacial score (nSPS) is 21.1. The number of hydrogen-bond donors (Lipinski definition) is 3. The van der Waals surface area contributed by atoms with Gasteiger partial charge in [-0.05, 0) is 73.9 Å². The Morgan fingerprint density at radius 3 is 2.70 bits per heavy atom. The Bertz CT molecular complexity index is 1540. The van der Waals surface area contributed by atoms with E-state index >= 15 is 0 Å². The van der Waals surface area contributed by atoms with Gasteiger partial charge < -0.3 is 20.3 Å². The van der Waals surface area contributed by atoms with Crippen LogP contribution in [0.15, 0.2) is 67.0 Å². The van der Waals surface area contributed by atoms with Crippen molar-refractivity contribution >= 4 is 40.0 Å². The molecule has 4 aromatic rings. The Labute approximate surface area is 237 Å². The zero-order chi connectivity index (χ0) is 27.6. The number of carbonyl (C=O) groups excluding carboxylic acids is 2. The number of nitrogens with zero attached hydrogens (tertiary/aromatic N) is 4. The van der Waals surface area contributed by atoms with Crippen molar-refractivity contribution in [1.82, 2.24) is 24.8 Å². The van der Waals surface area contributed by atoms with Gasteiger partial charge in [-0.2, -0.15) is 0 Å². The number of aliphatic hydroxyl groups is 1. The fourth-order valence-corrected chi connectivity index (χ4v) is 5.88. The highest BCUT2D eigenvalue weighted by Gasteiger charge is 2.34. The fourth-order valence-electron chi connectivity index (χ4n) is 5.72. The number of carbonyl (C=O) groups is 2. The SMILES string of the molecule is O=C(N[C@@H]1CCC[C@@H]1C(=O)Nc1ccc(-n2ccnc2CN2CCC(O)C2)cc1)c1ccc2nc(Cl)ccc2c1. The van der Waals surface area contributed by atoms with E-state index in [9.17, 15) is 14.7 Å². The molecule has 6 rings (SSSR count). The molecule has 1 aliphatic heterocycles. The molecular weight excluding hydrogens is 528 g/mol. The number of imidazole rings is 1. The number of amides is 2. The van der Waals surface area contributed by atoms with Crippen LogP contribution in [0.5, 0.6) is 0 Å². The van der Waals surface area contributed by atoms with Gasteiger partial charge in [0.2, 0.25) is 5.91 Å². The minimum absolute atomic E-state index is 0.0937. The van der Waals surface area contributed by atoms with Crippen molar-refractivity contribution in [1.29, 1.82) is 0 Å². The van der Waals surface area contributed by atoms with Gasteiger partial charge in [0.1, 0.15) is 11.0 Å². The van der Waals surface area contributed by atoms with Gasteiger partial charge in [0.25, 0.3) is 5.91 Å². The summed E-state index contributed by atoms with van der Waals surface area (Å²) in [5.74, 6) is 0.303. The minimum atomic E-state index is -0.305. The lowest BCUT2D eigenvalue weighted by atomic mass is 10.0. The average Bonchev–Trinajstić information content (AvgIpc) is 3.71. The highest BCUT2D eigenvalue weighted by atomic mass is 35.5. The number of β-amino-alcohol motifs (C(OH)–C–C–N with tert-alkyl or cyclic N) is 1. The van der Waals surface area contributed by atoms with E-state index in [0.717, 1.165) is 54.6 Å². The van der Waals surface area contributed by atoms with Gasteiger partial charge in [-0.25, -0.2) is 9.97 Å². The number of fused-ring (bicyclic) bond motifs is 1. The third-order valence-electron chi connectivity index (χ3n) is 7.83. The number of rotatable bonds is 7. The number of hydrogen-bond acceptors (Lipinski definition) is 6. The summed E-state index contributed by atoms with van der Waals surface area (Å²) < 4.78 is 2.02. The van der Waals surface area contributed by atoms with Crippen LogP contribution in [0.4, 0.5) is 5.69 Å². The van der Waals surface area contributed by atoms with Gasteiger partial charge in [-0.3, -0.25) is 14.5 Å². The minimum Gasteiger partial charge on any atom is -0.392 e. The quantitative estimate of drug-likeness (QED) is 0.293. The smallest absolute Gasteiger partial charge is 0.251 e. The van der Waals surface area contributed by atoms with E-state index in [-0.39, 0.29) is 29.9 Å². The molecule has 10 heteroatoms. The van der Waals surface area contributed by atoms with Crippen molar-refractivity contribution in [2.24, 2.45) is 5.92 Å². The third kappa shape index (κ3) is 5.72. The van der Waals surface area contributed by atoms with Crippen LogP contribution in [0.1, 0.15) is 41.9 Å². The van der Waals surface area contributed by atoms with Gasteiger partial charge in [0.05, 0.1) is 24.1 Å². The van der Waals surface area contributed by atoms with E-state index in [1.54, 1.807) is 30.5 Å². The van der Waals surface area contributed by atoms with Crippen LogP contribution in [0.3, 0.4) is 0 Å². The summed E-state index contributed by atoms with van der Waals surface area (Å²) in [6, 6.07) is 16.3. The Balaban J connectivity index is 1.08. The second-order valence-electron chi connectivity index (χ2n) is 10.6. The lowest BCUT2D eigenvalue weighted by Gasteiger charge is -2.21. The molecule has 2 fully saturated rings. The maximum absolute atomic E-state index is 13.2. The lowest BCUT2D eigenvalue weighted by Crippen LogP contribution is -2.41. The van der Waals surface area contributed by atoms with Crippen LogP contribution in [0, 0.1) is 5.92 Å². The summed E-state index contributed by atoms with van der Waals surface area (Å²) in [5, 5.41) is 17.2. The molecule has 40 heavy (non-hydrogen) atoms. The standard InChI is InChI=1S/C30H31ClN6O3/c31-27-11-5-19-16-20(4-10-25(19)34-27)29(39)35-26-3-1-2-24(26)30(40)33-21-6-8-22(9-7-21)37-15-13-32-28(37)18-36-14-12-23(38)17-36/h4-11,13,15-16,23-24,26,38H,1-3,12,14,17-18H2,(H,33,40)(H,35,39)/t23?,24-,26+/m0/s1. The molecule has 3 N–H and O–H groups in total. The molecular formula is C30H31ClN6O3. The van der Waals surface area contributed by atoms with Crippen LogP contribution >= 0.6 is 11.6 Å². The molecule has 0 spiro atoms. The van der Waals surface area contributed by atoms with Crippen LogP contribution < -0.4 is 10.6 Å². The Hall–Kier alpha value is -3.79. The molecule has 2 aromatic carbocycles. The summed E-state index contributed by atoms with van der Waals surface area (Å²) in [7, 11) is 0. The lowest BCUT2D eigenvalue weighted by molar-refractivity contribution is -0.120. The summed E-state index contributed by atoms with van der Waals surface area (Å²) >= 11 is 5.97. The summed E-state index contributed by atoms with van der Waals surface area (Å²) in [6.45, 7) is 2.19. The molecule has 1 saturated carbocycles. The molecule has 2 amide bonds. The molecule has 3 heterocycles.